The number of amides is 1. The van der Waals surface area contributed by atoms with Gasteiger partial charge in [-0.15, -0.1) is 12.4 Å². The Balaban J connectivity index is 0.00000242. The van der Waals surface area contributed by atoms with Crippen LogP contribution in [0.2, 0.25) is 0 Å². The summed E-state index contributed by atoms with van der Waals surface area (Å²) in [6, 6.07) is 8.05. The summed E-state index contributed by atoms with van der Waals surface area (Å²) in [6.45, 7) is 6.29. The number of ether oxygens (including phenoxy) is 1. The van der Waals surface area contributed by atoms with Crippen LogP contribution in [0.3, 0.4) is 0 Å². The molecule has 0 bridgehead atoms. The summed E-state index contributed by atoms with van der Waals surface area (Å²) in [4.78, 5) is 12.0. The maximum Gasteiger partial charge on any atom is 0.237 e. The maximum absolute atomic E-state index is 12.0. The molecule has 1 unspecified atom stereocenters. The zero-order valence-corrected chi connectivity index (χ0v) is 14.2. The van der Waals surface area contributed by atoms with Crippen molar-refractivity contribution < 1.29 is 9.53 Å². The molecule has 1 aromatic rings. The molecule has 2 N–H and O–H groups in total. The molecule has 2 rings (SSSR count). The van der Waals surface area contributed by atoms with E-state index in [9.17, 15) is 4.79 Å². The fourth-order valence-electron chi connectivity index (χ4n) is 2.62. The summed E-state index contributed by atoms with van der Waals surface area (Å²) < 4.78 is 5.80. The highest BCUT2D eigenvalue weighted by Crippen LogP contribution is 2.25. The molecule has 1 atom stereocenters. The van der Waals surface area contributed by atoms with Crippen molar-refractivity contribution >= 4 is 18.3 Å². The van der Waals surface area contributed by atoms with Crippen molar-refractivity contribution in [3.05, 3.63) is 29.8 Å². The van der Waals surface area contributed by atoms with Gasteiger partial charge in [-0.1, -0.05) is 38.5 Å². The van der Waals surface area contributed by atoms with Crippen LogP contribution >= 0.6 is 12.4 Å². The molecule has 1 aromatic carbocycles. The summed E-state index contributed by atoms with van der Waals surface area (Å²) >= 11 is 0. The van der Waals surface area contributed by atoms with E-state index in [4.69, 9.17) is 4.74 Å². The largest absolute Gasteiger partial charge is 0.491 e. The predicted molar refractivity (Wildman–Crippen MR) is 91.9 cm³/mol. The molecule has 4 nitrogen and oxygen atoms in total. The molecule has 0 saturated carbocycles. The average Bonchev–Trinajstić information content (AvgIpc) is 2.52. The number of para-hydroxylation sites is 1. The van der Waals surface area contributed by atoms with E-state index in [2.05, 4.69) is 30.5 Å². The number of halogens is 1. The minimum atomic E-state index is -0.0262. The fraction of sp³-hybridized carbons (Fsp3) is 0.588. The van der Waals surface area contributed by atoms with E-state index in [0.717, 1.165) is 25.1 Å². The Bertz CT molecular complexity index is 460. The number of carbonyl (C=O) groups is 1. The Hall–Kier alpha value is -1.26. The number of piperidine rings is 1. The number of benzene rings is 1. The molecule has 1 aliphatic rings. The fourth-order valence-corrected chi connectivity index (χ4v) is 2.62. The van der Waals surface area contributed by atoms with Crippen LogP contribution in [0.1, 0.15) is 44.6 Å². The maximum atomic E-state index is 12.0. The van der Waals surface area contributed by atoms with Crippen LogP contribution in [0.25, 0.3) is 0 Å². The summed E-state index contributed by atoms with van der Waals surface area (Å²) in [5.74, 6) is 1.44. The third-order valence-electron chi connectivity index (χ3n) is 3.83. The van der Waals surface area contributed by atoms with E-state index in [0.29, 0.717) is 19.1 Å². The second-order valence-electron chi connectivity index (χ2n) is 5.83. The lowest BCUT2D eigenvalue weighted by atomic mass is 10.0. The molecule has 0 radical (unpaired) electrons. The number of hydrogen-bond donors (Lipinski definition) is 2. The third kappa shape index (κ3) is 5.50. The molecule has 0 aliphatic carbocycles. The van der Waals surface area contributed by atoms with Crippen LogP contribution in [0.4, 0.5) is 0 Å². The summed E-state index contributed by atoms with van der Waals surface area (Å²) in [7, 11) is 0. The van der Waals surface area contributed by atoms with Gasteiger partial charge in [0.05, 0.1) is 12.6 Å². The van der Waals surface area contributed by atoms with Gasteiger partial charge >= 0.3 is 0 Å². The van der Waals surface area contributed by atoms with Crippen LogP contribution in [0, 0.1) is 0 Å². The Labute approximate surface area is 139 Å². The molecule has 22 heavy (non-hydrogen) atoms. The monoisotopic (exact) mass is 326 g/mol. The second kappa shape index (κ2) is 9.70. The summed E-state index contributed by atoms with van der Waals surface area (Å²) in [5, 5.41) is 6.19. The van der Waals surface area contributed by atoms with Gasteiger partial charge in [-0.2, -0.15) is 0 Å². The molecule has 0 spiro atoms. The van der Waals surface area contributed by atoms with Crippen molar-refractivity contribution in [1.82, 2.24) is 10.6 Å². The van der Waals surface area contributed by atoms with Gasteiger partial charge in [0.2, 0.25) is 5.91 Å². The lowest BCUT2D eigenvalue weighted by Crippen LogP contribution is -2.47. The van der Waals surface area contributed by atoms with Gasteiger partial charge in [0.1, 0.15) is 12.4 Å². The highest BCUT2D eigenvalue weighted by Gasteiger charge is 2.19. The molecule has 1 saturated heterocycles. The Morgan fingerprint density at radius 1 is 1.36 bits per heavy atom. The second-order valence-corrected chi connectivity index (χ2v) is 5.83. The van der Waals surface area contributed by atoms with Crippen molar-refractivity contribution in [1.29, 1.82) is 0 Å². The number of hydrogen-bond acceptors (Lipinski definition) is 3. The normalized spacial score (nSPS) is 17.7. The minimum absolute atomic E-state index is 0. The Kier molecular flexibility index (Phi) is 8.28. The van der Waals surface area contributed by atoms with Crippen LogP contribution in [-0.4, -0.2) is 31.6 Å². The van der Waals surface area contributed by atoms with E-state index in [1.54, 1.807) is 0 Å². The highest BCUT2D eigenvalue weighted by molar-refractivity contribution is 5.85. The average molecular weight is 327 g/mol. The van der Waals surface area contributed by atoms with Crippen molar-refractivity contribution in [2.45, 2.75) is 45.1 Å². The Morgan fingerprint density at radius 2 is 2.14 bits per heavy atom. The lowest BCUT2D eigenvalue weighted by Gasteiger charge is -2.22. The molecule has 0 aromatic heterocycles. The predicted octanol–water partition coefficient (Wildman–Crippen LogP) is 2.87. The van der Waals surface area contributed by atoms with E-state index >= 15 is 0 Å². The van der Waals surface area contributed by atoms with Gasteiger partial charge < -0.3 is 15.4 Å². The van der Waals surface area contributed by atoms with Gasteiger partial charge in [-0.3, -0.25) is 4.79 Å². The molecule has 1 fully saturated rings. The molecule has 1 amide bonds. The molecule has 124 valence electrons. The number of rotatable bonds is 6. The smallest absolute Gasteiger partial charge is 0.237 e. The van der Waals surface area contributed by atoms with Gasteiger partial charge in [-0.05, 0) is 36.9 Å². The first-order valence-electron chi connectivity index (χ1n) is 7.91. The van der Waals surface area contributed by atoms with Crippen molar-refractivity contribution in [3.63, 3.8) is 0 Å². The topological polar surface area (TPSA) is 50.4 Å². The van der Waals surface area contributed by atoms with Crippen molar-refractivity contribution in [2.75, 3.05) is 19.7 Å². The number of nitrogens with one attached hydrogen (secondary N) is 2. The molecule has 5 heteroatoms. The van der Waals surface area contributed by atoms with Crippen LogP contribution in [0.15, 0.2) is 24.3 Å². The molecular formula is C17H27ClN2O2. The summed E-state index contributed by atoms with van der Waals surface area (Å²) in [6.07, 6.45) is 3.23. The van der Waals surface area contributed by atoms with Gasteiger partial charge in [-0.25, -0.2) is 0 Å². The van der Waals surface area contributed by atoms with E-state index < -0.39 is 0 Å². The quantitative estimate of drug-likeness (QED) is 0.790. The zero-order chi connectivity index (χ0) is 15.1. The summed E-state index contributed by atoms with van der Waals surface area (Å²) in [5.41, 5.74) is 1.21. The molecular weight excluding hydrogens is 300 g/mol. The van der Waals surface area contributed by atoms with E-state index in [1.165, 1.54) is 12.0 Å². The lowest BCUT2D eigenvalue weighted by molar-refractivity contribution is -0.123. The SMILES string of the molecule is CC(C)c1ccccc1OCCNC(=O)C1CCCCN1.Cl. The Morgan fingerprint density at radius 3 is 2.82 bits per heavy atom. The van der Waals surface area contributed by atoms with E-state index in [1.807, 2.05) is 18.2 Å². The highest BCUT2D eigenvalue weighted by atomic mass is 35.5. The van der Waals surface area contributed by atoms with Crippen LogP contribution in [0.5, 0.6) is 5.75 Å². The first-order chi connectivity index (χ1) is 10.2. The standard InChI is InChI=1S/C17H26N2O2.ClH/c1-13(2)14-7-3-4-9-16(14)21-12-11-19-17(20)15-8-5-6-10-18-15;/h3-4,7,9,13,15,18H,5-6,8,10-12H2,1-2H3,(H,19,20);1H. The van der Waals surface area contributed by atoms with Gasteiger partial charge in [0.15, 0.2) is 0 Å². The molecule has 1 aliphatic heterocycles. The minimum Gasteiger partial charge on any atom is -0.491 e. The van der Waals surface area contributed by atoms with Gasteiger partial charge in [0.25, 0.3) is 0 Å². The van der Waals surface area contributed by atoms with Gasteiger partial charge in [0, 0.05) is 0 Å². The van der Waals surface area contributed by atoms with Crippen molar-refractivity contribution in [3.8, 4) is 5.75 Å². The van der Waals surface area contributed by atoms with E-state index in [-0.39, 0.29) is 24.4 Å². The van der Waals surface area contributed by atoms with Crippen molar-refractivity contribution in [2.24, 2.45) is 0 Å². The van der Waals surface area contributed by atoms with Crippen LogP contribution < -0.4 is 15.4 Å². The zero-order valence-electron chi connectivity index (χ0n) is 13.4. The molecule has 1 heterocycles. The third-order valence-corrected chi connectivity index (χ3v) is 3.83. The first kappa shape index (κ1) is 18.8. The number of carbonyl (C=O) groups excluding carboxylic acids is 1. The van der Waals surface area contributed by atoms with Crippen LogP contribution in [-0.2, 0) is 4.79 Å². The first-order valence-corrected chi connectivity index (χ1v) is 7.91.